The Kier molecular flexibility index (Phi) is 4.46. The molecule has 2 aromatic rings. The van der Waals surface area contributed by atoms with E-state index < -0.39 is 10.0 Å². The molecule has 104 valence electrons. The van der Waals surface area contributed by atoms with E-state index in [-0.39, 0.29) is 18.0 Å². The maximum atomic E-state index is 12.4. The van der Waals surface area contributed by atoms with E-state index in [4.69, 9.17) is 9.52 Å². The maximum absolute atomic E-state index is 12.4. The predicted octanol–water partition coefficient (Wildman–Crippen LogP) is 2.42. The van der Waals surface area contributed by atoms with Gasteiger partial charge in [-0.25, -0.2) is 8.42 Å². The number of furan rings is 1. The summed E-state index contributed by atoms with van der Waals surface area (Å²) in [6.07, 6.45) is 1.50. The monoisotopic (exact) mass is 365 g/mol. The number of aliphatic hydroxyl groups is 1. The first-order valence-electron chi connectivity index (χ1n) is 5.33. The van der Waals surface area contributed by atoms with E-state index in [2.05, 4.69) is 15.9 Å². The fraction of sp³-hybridized carbons (Fsp3) is 0.273. The van der Waals surface area contributed by atoms with Crippen LogP contribution in [0.1, 0.15) is 10.6 Å². The zero-order chi connectivity index (χ0) is 14.0. The number of halogens is 1. The average Bonchev–Trinajstić information content (AvgIpc) is 2.98. The lowest BCUT2D eigenvalue weighted by atomic mass is 10.4. The molecule has 0 saturated heterocycles. The van der Waals surface area contributed by atoms with Crippen LogP contribution in [-0.2, 0) is 23.2 Å². The van der Waals surface area contributed by atoms with Crippen molar-refractivity contribution in [3.05, 3.63) is 38.9 Å². The molecule has 0 aromatic carbocycles. The fourth-order valence-corrected chi connectivity index (χ4v) is 5.15. The highest BCUT2D eigenvalue weighted by atomic mass is 79.9. The molecule has 0 fully saturated rings. The van der Waals surface area contributed by atoms with E-state index in [0.29, 0.717) is 14.4 Å². The highest BCUT2D eigenvalue weighted by Crippen LogP contribution is 2.33. The molecule has 0 spiro atoms. The van der Waals surface area contributed by atoms with Crippen LogP contribution < -0.4 is 0 Å². The van der Waals surface area contributed by atoms with Crippen LogP contribution in [0.5, 0.6) is 0 Å². The highest BCUT2D eigenvalue weighted by molar-refractivity contribution is 9.11. The second-order valence-corrected chi connectivity index (χ2v) is 8.32. The third-order valence-electron chi connectivity index (χ3n) is 2.51. The molecule has 2 aromatic heterocycles. The molecular formula is C11H12BrNO4S2. The molecule has 0 aliphatic rings. The number of thiophene rings is 1. The molecule has 0 saturated carbocycles. The van der Waals surface area contributed by atoms with Gasteiger partial charge < -0.3 is 9.52 Å². The molecule has 0 atom stereocenters. The summed E-state index contributed by atoms with van der Waals surface area (Å²) in [6, 6.07) is 4.90. The number of hydrogen-bond acceptors (Lipinski definition) is 5. The summed E-state index contributed by atoms with van der Waals surface area (Å²) in [5, 5.41) is 9.05. The summed E-state index contributed by atoms with van der Waals surface area (Å²) >= 11 is 4.42. The van der Waals surface area contributed by atoms with Gasteiger partial charge in [-0.1, -0.05) is 0 Å². The molecule has 0 bridgehead atoms. The molecule has 2 heterocycles. The quantitative estimate of drug-likeness (QED) is 0.882. The second-order valence-electron chi connectivity index (χ2n) is 3.85. The minimum atomic E-state index is -3.61. The SMILES string of the molecule is CN(Cc1ccco1)S(=O)(=O)c1cc(CO)sc1Br. The molecular weight excluding hydrogens is 354 g/mol. The van der Waals surface area contributed by atoms with Gasteiger partial charge in [0.1, 0.15) is 10.7 Å². The van der Waals surface area contributed by atoms with E-state index in [9.17, 15) is 8.42 Å². The van der Waals surface area contributed by atoms with Crippen molar-refractivity contribution in [1.29, 1.82) is 0 Å². The van der Waals surface area contributed by atoms with Gasteiger partial charge in [0.25, 0.3) is 0 Å². The molecule has 2 rings (SSSR count). The van der Waals surface area contributed by atoms with Gasteiger partial charge in [-0.05, 0) is 34.1 Å². The highest BCUT2D eigenvalue weighted by Gasteiger charge is 2.26. The number of nitrogens with zero attached hydrogens (tertiary/aromatic N) is 1. The Morgan fingerprint density at radius 1 is 1.53 bits per heavy atom. The molecule has 0 aliphatic heterocycles. The lowest BCUT2D eigenvalue weighted by Crippen LogP contribution is -2.26. The van der Waals surface area contributed by atoms with Crippen molar-refractivity contribution in [1.82, 2.24) is 4.31 Å². The summed E-state index contributed by atoms with van der Waals surface area (Å²) in [6.45, 7) is -0.0211. The lowest BCUT2D eigenvalue weighted by molar-refractivity contribution is 0.285. The van der Waals surface area contributed by atoms with Crippen LogP contribution in [0.25, 0.3) is 0 Å². The summed E-state index contributed by atoms with van der Waals surface area (Å²) in [5.74, 6) is 0.569. The van der Waals surface area contributed by atoms with Crippen molar-refractivity contribution in [3.63, 3.8) is 0 Å². The second kappa shape index (κ2) is 5.76. The van der Waals surface area contributed by atoms with Crippen LogP contribution in [0.15, 0.2) is 37.6 Å². The molecule has 8 heteroatoms. The Morgan fingerprint density at radius 3 is 2.79 bits per heavy atom. The summed E-state index contributed by atoms with van der Waals surface area (Å²) in [5.41, 5.74) is 0. The minimum Gasteiger partial charge on any atom is -0.468 e. The van der Waals surface area contributed by atoms with Gasteiger partial charge in [0, 0.05) is 11.9 Å². The molecule has 5 nitrogen and oxygen atoms in total. The Hall–Kier alpha value is -0.670. The number of hydrogen-bond donors (Lipinski definition) is 1. The smallest absolute Gasteiger partial charge is 0.245 e. The van der Waals surface area contributed by atoms with Crippen LogP contribution in [0.4, 0.5) is 0 Å². The third kappa shape index (κ3) is 3.09. The molecule has 0 aliphatic carbocycles. The van der Waals surface area contributed by atoms with Crippen LogP contribution in [0, 0.1) is 0 Å². The molecule has 0 amide bonds. The average molecular weight is 366 g/mol. The van der Waals surface area contributed by atoms with Crippen LogP contribution in [0.2, 0.25) is 0 Å². The van der Waals surface area contributed by atoms with Gasteiger partial charge in [-0.3, -0.25) is 0 Å². The van der Waals surface area contributed by atoms with Crippen molar-refractivity contribution in [2.45, 2.75) is 18.0 Å². The van der Waals surface area contributed by atoms with Gasteiger partial charge in [-0.2, -0.15) is 4.31 Å². The van der Waals surface area contributed by atoms with Gasteiger partial charge >= 0.3 is 0 Å². The van der Waals surface area contributed by atoms with Crippen LogP contribution in [-0.4, -0.2) is 24.9 Å². The fourth-order valence-electron chi connectivity index (χ4n) is 1.53. The first-order valence-corrected chi connectivity index (χ1v) is 8.38. The van der Waals surface area contributed by atoms with E-state index in [1.807, 2.05) is 0 Å². The van der Waals surface area contributed by atoms with E-state index in [0.717, 1.165) is 0 Å². The van der Waals surface area contributed by atoms with E-state index >= 15 is 0 Å². The zero-order valence-electron chi connectivity index (χ0n) is 10.0. The van der Waals surface area contributed by atoms with Crippen LogP contribution in [0.3, 0.4) is 0 Å². The Morgan fingerprint density at radius 2 is 2.26 bits per heavy atom. The Bertz CT molecular complexity index is 648. The summed E-state index contributed by atoms with van der Waals surface area (Å²) < 4.78 is 31.6. The largest absolute Gasteiger partial charge is 0.468 e. The van der Waals surface area contributed by atoms with Crippen molar-refractivity contribution in [2.75, 3.05) is 7.05 Å². The third-order valence-corrected chi connectivity index (χ3v) is 6.55. The van der Waals surface area contributed by atoms with E-state index in [1.54, 1.807) is 12.1 Å². The van der Waals surface area contributed by atoms with Crippen molar-refractivity contribution < 1.29 is 17.9 Å². The van der Waals surface area contributed by atoms with Crippen molar-refractivity contribution in [3.8, 4) is 0 Å². The summed E-state index contributed by atoms with van der Waals surface area (Å²) in [7, 11) is -2.12. The lowest BCUT2D eigenvalue weighted by Gasteiger charge is -2.15. The zero-order valence-corrected chi connectivity index (χ0v) is 13.3. The number of rotatable bonds is 5. The predicted molar refractivity (Wildman–Crippen MR) is 75.3 cm³/mol. The Labute approximate surface area is 123 Å². The van der Waals surface area contributed by atoms with Gasteiger partial charge in [0.05, 0.1) is 23.2 Å². The normalized spacial score (nSPS) is 12.2. The van der Waals surface area contributed by atoms with Crippen molar-refractivity contribution >= 4 is 37.3 Å². The maximum Gasteiger partial charge on any atom is 0.245 e. The van der Waals surface area contributed by atoms with Crippen LogP contribution >= 0.6 is 27.3 Å². The molecule has 0 unspecified atom stereocenters. The van der Waals surface area contributed by atoms with Gasteiger partial charge in [0.15, 0.2) is 0 Å². The summed E-state index contributed by atoms with van der Waals surface area (Å²) in [4.78, 5) is 0.757. The number of sulfonamides is 1. The molecule has 0 radical (unpaired) electrons. The Balaban J connectivity index is 2.28. The van der Waals surface area contributed by atoms with Gasteiger partial charge in [0.2, 0.25) is 10.0 Å². The van der Waals surface area contributed by atoms with Crippen molar-refractivity contribution in [2.24, 2.45) is 0 Å². The molecule has 19 heavy (non-hydrogen) atoms. The topological polar surface area (TPSA) is 70.8 Å². The van der Waals surface area contributed by atoms with E-state index in [1.165, 1.54) is 35.0 Å². The number of aliphatic hydroxyl groups excluding tert-OH is 1. The molecule has 1 N–H and O–H groups in total. The first-order chi connectivity index (χ1) is 8.95. The first kappa shape index (κ1) is 14.7. The standard InChI is InChI=1S/C11H12BrNO4S2/c1-13(6-8-3-2-4-17-8)19(15,16)10-5-9(7-14)18-11(10)12/h2-5,14H,6-7H2,1H3. The minimum absolute atomic E-state index is 0.159. The van der Waals surface area contributed by atoms with Gasteiger partial charge in [-0.15, -0.1) is 11.3 Å².